The number of ether oxygens (including phenoxy) is 1. The Labute approximate surface area is 119 Å². The van der Waals surface area contributed by atoms with Crippen LogP contribution in [0, 0.1) is 0 Å². The van der Waals surface area contributed by atoms with Crippen molar-refractivity contribution in [3.05, 3.63) is 48.5 Å². The first kappa shape index (κ1) is 11.4. The molecule has 4 aromatic rings. The van der Waals surface area contributed by atoms with Gasteiger partial charge in [-0.25, -0.2) is 0 Å². The topological polar surface area (TPSA) is 39.4 Å². The van der Waals surface area contributed by atoms with E-state index in [1.165, 1.54) is 0 Å². The largest absolute Gasteiger partial charge is 0.497 e. The molecule has 0 N–H and O–H groups in total. The third kappa shape index (κ3) is 1.60. The molecule has 0 atom stereocenters. The van der Waals surface area contributed by atoms with Crippen LogP contribution in [-0.4, -0.2) is 21.7 Å². The van der Waals surface area contributed by atoms with Gasteiger partial charge in [0.25, 0.3) is 0 Å². The lowest BCUT2D eigenvalue weighted by molar-refractivity contribution is 0.415. The Bertz CT molecular complexity index is 895. The zero-order valence-electron chi connectivity index (χ0n) is 10.8. The van der Waals surface area contributed by atoms with Gasteiger partial charge < -0.3 is 4.74 Å². The Kier molecular flexibility index (Phi) is 2.47. The second-order valence-corrected chi connectivity index (χ2v) is 5.45. The van der Waals surface area contributed by atoms with Gasteiger partial charge in [0, 0.05) is 5.56 Å². The number of aromatic nitrogens is 3. The lowest BCUT2D eigenvalue weighted by atomic mass is 10.2. The van der Waals surface area contributed by atoms with Gasteiger partial charge in [0.15, 0.2) is 5.82 Å². The Balaban J connectivity index is 2.04. The van der Waals surface area contributed by atoms with E-state index in [1.807, 2.05) is 48.5 Å². The fraction of sp³-hybridized carbons (Fsp3) is 0.0667. The highest BCUT2D eigenvalue weighted by atomic mass is 32.1. The summed E-state index contributed by atoms with van der Waals surface area (Å²) in [7, 11) is 1.68. The van der Waals surface area contributed by atoms with Crippen LogP contribution in [0.5, 0.6) is 5.75 Å². The van der Waals surface area contributed by atoms with Crippen molar-refractivity contribution >= 4 is 26.5 Å². The number of rotatable bonds is 2. The number of nitrogens with zero attached hydrogens (tertiary/aromatic N) is 3. The first-order valence-corrected chi connectivity index (χ1v) is 7.05. The summed E-state index contributed by atoms with van der Waals surface area (Å²) in [5, 5.41) is 8.59. The molecule has 0 aliphatic rings. The fourth-order valence-electron chi connectivity index (χ4n) is 2.31. The summed E-state index contributed by atoms with van der Waals surface area (Å²) in [5.41, 5.74) is 2.17. The van der Waals surface area contributed by atoms with E-state index in [0.29, 0.717) is 0 Å². The van der Waals surface area contributed by atoms with Gasteiger partial charge in [0.1, 0.15) is 5.75 Å². The van der Waals surface area contributed by atoms with Crippen LogP contribution >= 0.6 is 11.3 Å². The average Bonchev–Trinajstić information content (AvgIpc) is 3.06. The lowest BCUT2D eigenvalue weighted by Crippen LogP contribution is -1.88. The molecule has 4 nitrogen and oxygen atoms in total. The van der Waals surface area contributed by atoms with Crippen molar-refractivity contribution in [1.82, 2.24) is 14.6 Å². The summed E-state index contributed by atoms with van der Waals surface area (Å²) in [6, 6.07) is 16.1. The summed E-state index contributed by atoms with van der Waals surface area (Å²) in [6.07, 6.45) is 0. The van der Waals surface area contributed by atoms with E-state index in [1.54, 1.807) is 18.4 Å². The molecule has 0 spiro atoms. The number of hydrogen-bond donors (Lipinski definition) is 0. The van der Waals surface area contributed by atoms with Gasteiger partial charge in [-0.05, 0) is 18.2 Å². The molecule has 2 heterocycles. The summed E-state index contributed by atoms with van der Waals surface area (Å²) < 4.78 is 8.51. The van der Waals surface area contributed by atoms with Crippen LogP contribution in [-0.2, 0) is 0 Å². The molecule has 4 rings (SSSR count). The van der Waals surface area contributed by atoms with Crippen LogP contribution in [0.15, 0.2) is 48.5 Å². The summed E-state index contributed by atoms with van der Waals surface area (Å²) >= 11 is 1.62. The molecule has 0 fully saturated rings. The summed E-state index contributed by atoms with van der Waals surface area (Å²) in [5.74, 6) is 1.73. The van der Waals surface area contributed by atoms with E-state index >= 15 is 0 Å². The number of hydrogen-bond acceptors (Lipinski definition) is 4. The molecule has 20 heavy (non-hydrogen) atoms. The zero-order valence-corrected chi connectivity index (χ0v) is 11.6. The number of methoxy groups -OCH3 is 1. The van der Waals surface area contributed by atoms with E-state index in [2.05, 4.69) is 14.6 Å². The number of benzene rings is 2. The minimum Gasteiger partial charge on any atom is -0.497 e. The molecule has 0 amide bonds. The van der Waals surface area contributed by atoms with Crippen molar-refractivity contribution in [2.75, 3.05) is 7.11 Å². The molecule has 5 heteroatoms. The van der Waals surface area contributed by atoms with E-state index in [-0.39, 0.29) is 0 Å². The van der Waals surface area contributed by atoms with Gasteiger partial charge >= 0.3 is 0 Å². The van der Waals surface area contributed by atoms with Gasteiger partial charge in [-0.15, -0.1) is 10.2 Å². The third-order valence-electron chi connectivity index (χ3n) is 3.27. The molecule has 0 bridgehead atoms. The van der Waals surface area contributed by atoms with E-state index in [0.717, 1.165) is 32.3 Å². The molecule has 0 radical (unpaired) electrons. The predicted molar refractivity (Wildman–Crippen MR) is 80.4 cm³/mol. The quantitative estimate of drug-likeness (QED) is 0.563. The number of fused-ring (bicyclic) bond motifs is 3. The zero-order chi connectivity index (χ0) is 13.5. The van der Waals surface area contributed by atoms with Crippen molar-refractivity contribution in [1.29, 1.82) is 0 Å². The van der Waals surface area contributed by atoms with Crippen LogP contribution in [0.4, 0.5) is 0 Å². The molecule has 2 aromatic carbocycles. The molecule has 0 unspecified atom stereocenters. The molecule has 98 valence electrons. The van der Waals surface area contributed by atoms with E-state index in [9.17, 15) is 0 Å². The standard InChI is InChI=1S/C15H11N3OS/c1-19-11-7-8-12-13(9-11)20-15-17-16-14(18(12)15)10-5-3-2-4-6-10/h2-9H,1H3. The Hall–Kier alpha value is -2.40. The third-order valence-corrected chi connectivity index (χ3v) is 4.27. The van der Waals surface area contributed by atoms with E-state index < -0.39 is 0 Å². The van der Waals surface area contributed by atoms with Crippen molar-refractivity contribution in [3.63, 3.8) is 0 Å². The van der Waals surface area contributed by atoms with Gasteiger partial charge in [0.05, 0.1) is 17.3 Å². The van der Waals surface area contributed by atoms with Crippen molar-refractivity contribution in [2.45, 2.75) is 0 Å². The van der Waals surface area contributed by atoms with Crippen LogP contribution in [0.2, 0.25) is 0 Å². The van der Waals surface area contributed by atoms with Gasteiger partial charge in [0.2, 0.25) is 4.96 Å². The van der Waals surface area contributed by atoms with Crippen LogP contribution in [0.25, 0.3) is 26.6 Å². The molecular weight excluding hydrogens is 270 g/mol. The van der Waals surface area contributed by atoms with Gasteiger partial charge in [-0.2, -0.15) is 0 Å². The van der Waals surface area contributed by atoms with Crippen LogP contribution in [0.1, 0.15) is 0 Å². The molecular formula is C15H11N3OS. The lowest BCUT2D eigenvalue weighted by Gasteiger charge is -2.00. The average molecular weight is 281 g/mol. The minimum absolute atomic E-state index is 0.858. The Morgan fingerprint density at radius 1 is 1.05 bits per heavy atom. The highest BCUT2D eigenvalue weighted by Gasteiger charge is 2.13. The second-order valence-electron chi connectivity index (χ2n) is 4.44. The first-order chi connectivity index (χ1) is 9.86. The highest BCUT2D eigenvalue weighted by Crippen LogP contribution is 2.32. The summed E-state index contributed by atoms with van der Waals surface area (Å²) in [4.78, 5) is 0.895. The fourth-order valence-corrected chi connectivity index (χ4v) is 3.31. The van der Waals surface area contributed by atoms with Crippen LogP contribution < -0.4 is 4.74 Å². The van der Waals surface area contributed by atoms with Crippen molar-refractivity contribution in [2.24, 2.45) is 0 Å². The second kappa shape index (κ2) is 4.31. The SMILES string of the molecule is COc1ccc2c(c1)sc1nnc(-c3ccccc3)n12. The maximum absolute atomic E-state index is 5.27. The highest BCUT2D eigenvalue weighted by molar-refractivity contribution is 7.23. The maximum Gasteiger partial charge on any atom is 0.217 e. The maximum atomic E-state index is 5.27. The Morgan fingerprint density at radius 2 is 1.90 bits per heavy atom. The molecule has 2 aromatic heterocycles. The summed E-state index contributed by atoms with van der Waals surface area (Å²) in [6.45, 7) is 0. The van der Waals surface area contributed by atoms with Crippen molar-refractivity contribution < 1.29 is 4.74 Å². The smallest absolute Gasteiger partial charge is 0.217 e. The molecule has 0 aliphatic carbocycles. The normalized spacial score (nSPS) is 11.2. The predicted octanol–water partition coefficient (Wildman–Crippen LogP) is 3.62. The molecule has 0 saturated heterocycles. The first-order valence-electron chi connectivity index (χ1n) is 6.24. The van der Waals surface area contributed by atoms with Crippen LogP contribution in [0.3, 0.4) is 0 Å². The minimum atomic E-state index is 0.858. The number of thiazole rings is 1. The van der Waals surface area contributed by atoms with E-state index in [4.69, 9.17) is 4.74 Å². The monoisotopic (exact) mass is 281 g/mol. The van der Waals surface area contributed by atoms with Crippen molar-refractivity contribution in [3.8, 4) is 17.1 Å². The van der Waals surface area contributed by atoms with Gasteiger partial charge in [-0.3, -0.25) is 4.40 Å². The van der Waals surface area contributed by atoms with Gasteiger partial charge in [-0.1, -0.05) is 41.7 Å². The molecule has 0 saturated carbocycles. The molecule has 0 aliphatic heterocycles. The Morgan fingerprint density at radius 3 is 2.70 bits per heavy atom.